The first-order chi connectivity index (χ1) is 11.3. The molecule has 1 aliphatic rings. The molecule has 122 valence electrons. The number of nitrogens with one attached hydrogen (secondary N) is 1. The number of hydrogen-bond donors (Lipinski definition) is 1. The zero-order valence-corrected chi connectivity index (χ0v) is 14.0. The average Bonchev–Trinajstić information content (AvgIpc) is 2.61. The smallest absolute Gasteiger partial charge is 0.119 e. The molecule has 0 bridgehead atoms. The van der Waals surface area contributed by atoms with Crippen LogP contribution in [0.1, 0.15) is 42.5 Å². The molecule has 3 rings (SSSR count). The Morgan fingerprint density at radius 2 is 1.87 bits per heavy atom. The standard InChI is InChI=1S/C20H25NO2/c1-3-4-13-23-17-7-5-15(6-8-17)20-19-10-9-18(22-2)14-16(19)11-12-21-20/h5-10,14,20-21H,3-4,11-13H2,1-2H3. The van der Waals surface area contributed by atoms with Gasteiger partial charge in [0.15, 0.2) is 0 Å². The Labute approximate surface area is 138 Å². The maximum atomic E-state index is 5.75. The molecule has 3 heteroatoms. The van der Waals surface area contributed by atoms with Crippen molar-refractivity contribution in [2.75, 3.05) is 20.3 Å². The van der Waals surface area contributed by atoms with E-state index in [4.69, 9.17) is 9.47 Å². The van der Waals surface area contributed by atoms with Crippen LogP contribution in [0.4, 0.5) is 0 Å². The van der Waals surface area contributed by atoms with Crippen molar-refractivity contribution < 1.29 is 9.47 Å². The fourth-order valence-electron chi connectivity index (χ4n) is 3.06. The lowest BCUT2D eigenvalue weighted by Crippen LogP contribution is -2.30. The zero-order chi connectivity index (χ0) is 16.1. The number of rotatable bonds is 6. The summed E-state index contributed by atoms with van der Waals surface area (Å²) in [6.07, 6.45) is 3.30. The third-order valence-corrected chi connectivity index (χ3v) is 4.38. The largest absolute Gasteiger partial charge is 0.497 e. The molecule has 0 fully saturated rings. The number of unbranched alkanes of at least 4 members (excludes halogenated alkanes) is 1. The van der Waals surface area contributed by atoms with Gasteiger partial charge in [0, 0.05) is 6.54 Å². The lowest BCUT2D eigenvalue weighted by atomic mass is 9.90. The van der Waals surface area contributed by atoms with Gasteiger partial charge in [0.25, 0.3) is 0 Å². The second kappa shape index (κ2) is 7.51. The Kier molecular flexibility index (Phi) is 5.19. The number of ether oxygens (including phenoxy) is 2. The van der Waals surface area contributed by atoms with Gasteiger partial charge in [-0.05, 0) is 53.8 Å². The van der Waals surface area contributed by atoms with Gasteiger partial charge in [-0.15, -0.1) is 0 Å². The van der Waals surface area contributed by atoms with E-state index in [-0.39, 0.29) is 6.04 Å². The van der Waals surface area contributed by atoms with E-state index in [1.54, 1.807) is 7.11 Å². The van der Waals surface area contributed by atoms with Gasteiger partial charge < -0.3 is 14.8 Å². The average molecular weight is 311 g/mol. The third-order valence-electron chi connectivity index (χ3n) is 4.38. The molecule has 0 amide bonds. The topological polar surface area (TPSA) is 30.5 Å². The summed E-state index contributed by atoms with van der Waals surface area (Å²) in [5.74, 6) is 1.89. The Balaban J connectivity index is 1.78. The minimum atomic E-state index is 0.245. The third kappa shape index (κ3) is 3.67. The Bertz CT molecular complexity index is 637. The van der Waals surface area contributed by atoms with E-state index in [2.05, 4.69) is 48.6 Å². The molecule has 0 aromatic heterocycles. The first-order valence-electron chi connectivity index (χ1n) is 8.44. The second-order valence-corrected chi connectivity index (χ2v) is 5.97. The monoisotopic (exact) mass is 311 g/mol. The van der Waals surface area contributed by atoms with Crippen LogP contribution in [0, 0.1) is 0 Å². The van der Waals surface area contributed by atoms with Gasteiger partial charge in [-0.3, -0.25) is 0 Å². The molecule has 3 nitrogen and oxygen atoms in total. The summed E-state index contributed by atoms with van der Waals surface area (Å²) in [5.41, 5.74) is 3.99. The first kappa shape index (κ1) is 15.9. The highest BCUT2D eigenvalue weighted by Crippen LogP contribution is 2.31. The van der Waals surface area contributed by atoms with Crippen molar-refractivity contribution in [1.82, 2.24) is 5.32 Å². The van der Waals surface area contributed by atoms with Crippen molar-refractivity contribution in [3.63, 3.8) is 0 Å². The first-order valence-corrected chi connectivity index (χ1v) is 8.44. The van der Waals surface area contributed by atoms with Gasteiger partial charge >= 0.3 is 0 Å². The molecular formula is C20H25NO2. The molecule has 1 unspecified atom stereocenters. The van der Waals surface area contributed by atoms with Crippen LogP contribution >= 0.6 is 0 Å². The molecule has 0 radical (unpaired) electrons. The van der Waals surface area contributed by atoms with Crippen LogP contribution in [0.2, 0.25) is 0 Å². The van der Waals surface area contributed by atoms with Crippen molar-refractivity contribution in [2.24, 2.45) is 0 Å². The van der Waals surface area contributed by atoms with E-state index in [0.717, 1.165) is 43.9 Å². The van der Waals surface area contributed by atoms with Crippen molar-refractivity contribution in [3.05, 3.63) is 59.2 Å². The highest BCUT2D eigenvalue weighted by Gasteiger charge is 2.21. The minimum absolute atomic E-state index is 0.245. The Hall–Kier alpha value is -2.00. The van der Waals surface area contributed by atoms with Gasteiger partial charge in [0.2, 0.25) is 0 Å². The van der Waals surface area contributed by atoms with E-state index >= 15 is 0 Å². The van der Waals surface area contributed by atoms with E-state index < -0.39 is 0 Å². The molecule has 0 saturated heterocycles. The van der Waals surface area contributed by atoms with Crippen molar-refractivity contribution in [3.8, 4) is 11.5 Å². The summed E-state index contributed by atoms with van der Waals surface area (Å²) in [7, 11) is 1.72. The van der Waals surface area contributed by atoms with Crippen LogP contribution in [0.5, 0.6) is 11.5 Å². The summed E-state index contributed by atoms with van der Waals surface area (Å²) in [6, 6.07) is 15.1. The van der Waals surface area contributed by atoms with Gasteiger partial charge in [-0.1, -0.05) is 31.5 Å². The molecule has 2 aromatic rings. The predicted octanol–water partition coefficient (Wildman–Crippen LogP) is 4.11. The summed E-state index contributed by atoms with van der Waals surface area (Å²) in [4.78, 5) is 0. The fourth-order valence-corrected chi connectivity index (χ4v) is 3.06. The number of methoxy groups -OCH3 is 1. The molecule has 2 aromatic carbocycles. The van der Waals surface area contributed by atoms with Gasteiger partial charge in [-0.25, -0.2) is 0 Å². The quantitative estimate of drug-likeness (QED) is 0.814. The summed E-state index contributed by atoms with van der Waals surface area (Å²) < 4.78 is 11.1. The Morgan fingerprint density at radius 1 is 1.09 bits per heavy atom. The maximum absolute atomic E-state index is 5.75. The Morgan fingerprint density at radius 3 is 2.61 bits per heavy atom. The van der Waals surface area contributed by atoms with E-state index in [1.807, 2.05) is 6.07 Å². The van der Waals surface area contributed by atoms with Crippen molar-refractivity contribution in [1.29, 1.82) is 0 Å². The van der Waals surface area contributed by atoms with Crippen LogP contribution in [0.25, 0.3) is 0 Å². The van der Waals surface area contributed by atoms with Gasteiger partial charge in [0.1, 0.15) is 11.5 Å². The molecule has 0 aliphatic carbocycles. The highest BCUT2D eigenvalue weighted by atomic mass is 16.5. The summed E-state index contributed by atoms with van der Waals surface area (Å²) >= 11 is 0. The number of fused-ring (bicyclic) bond motifs is 1. The lowest BCUT2D eigenvalue weighted by Gasteiger charge is -2.28. The zero-order valence-electron chi connectivity index (χ0n) is 14.0. The van der Waals surface area contributed by atoms with Crippen molar-refractivity contribution >= 4 is 0 Å². The molecule has 0 spiro atoms. The van der Waals surface area contributed by atoms with E-state index in [9.17, 15) is 0 Å². The maximum Gasteiger partial charge on any atom is 0.119 e. The van der Waals surface area contributed by atoms with Crippen LogP contribution in [0.15, 0.2) is 42.5 Å². The molecule has 1 aliphatic heterocycles. The lowest BCUT2D eigenvalue weighted by molar-refractivity contribution is 0.309. The van der Waals surface area contributed by atoms with Gasteiger partial charge in [0.05, 0.1) is 19.8 Å². The molecule has 1 heterocycles. The summed E-state index contributed by atoms with van der Waals surface area (Å²) in [6.45, 7) is 3.95. The van der Waals surface area contributed by atoms with Crippen molar-refractivity contribution in [2.45, 2.75) is 32.2 Å². The SMILES string of the molecule is CCCCOc1ccc(C2NCCc3cc(OC)ccc32)cc1. The fraction of sp³-hybridized carbons (Fsp3) is 0.400. The van der Waals surface area contributed by atoms with Crippen LogP contribution in [-0.2, 0) is 6.42 Å². The number of hydrogen-bond acceptors (Lipinski definition) is 3. The summed E-state index contributed by atoms with van der Waals surface area (Å²) in [5, 5.41) is 3.62. The molecule has 1 atom stereocenters. The minimum Gasteiger partial charge on any atom is -0.497 e. The molecule has 0 saturated carbocycles. The highest BCUT2D eigenvalue weighted by molar-refractivity contribution is 5.44. The van der Waals surface area contributed by atoms with E-state index in [0.29, 0.717) is 0 Å². The second-order valence-electron chi connectivity index (χ2n) is 5.97. The van der Waals surface area contributed by atoms with Crippen LogP contribution in [-0.4, -0.2) is 20.3 Å². The number of benzene rings is 2. The van der Waals surface area contributed by atoms with Crippen LogP contribution in [0.3, 0.4) is 0 Å². The predicted molar refractivity (Wildman–Crippen MR) is 93.4 cm³/mol. The van der Waals surface area contributed by atoms with E-state index in [1.165, 1.54) is 16.7 Å². The molecular weight excluding hydrogens is 286 g/mol. The molecule has 23 heavy (non-hydrogen) atoms. The molecule has 1 N–H and O–H groups in total. The normalized spacial score (nSPS) is 16.7. The van der Waals surface area contributed by atoms with Crippen LogP contribution < -0.4 is 14.8 Å². The van der Waals surface area contributed by atoms with Gasteiger partial charge in [-0.2, -0.15) is 0 Å².